The van der Waals surface area contributed by atoms with Crippen LogP contribution in [-0.2, 0) is 22.4 Å². The van der Waals surface area contributed by atoms with Crippen LogP contribution in [0.15, 0.2) is 23.6 Å². The first kappa shape index (κ1) is 19.3. The van der Waals surface area contributed by atoms with Crippen molar-refractivity contribution in [2.75, 3.05) is 11.9 Å². The molecule has 2 heterocycles. The van der Waals surface area contributed by atoms with Crippen molar-refractivity contribution < 1.29 is 9.53 Å². The number of halogens is 1. The lowest BCUT2D eigenvalue weighted by atomic mass is 9.90. The van der Waals surface area contributed by atoms with Crippen molar-refractivity contribution in [2.24, 2.45) is 5.73 Å². The molecule has 1 aliphatic heterocycles. The van der Waals surface area contributed by atoms with E-state index in [4.69, 9.17) is 10.5 Å². The molecule has 0 saturated carbocycles. The number of carbonyl (C=O) groups excluding carboxylic acids is 1. The van der Waals surface area contributed by atoms with Crippen LogP contribution in [-0.4, -0.2) is 29.6 Å². The van der Waals surface area contributed by atoms with E-state index in [9.17, 15) is 4.79 Å². The van der Waals surface area contributed by atoms with Gasteiger partial charge < -0.3 is 10.5 Å². The fraction of sp³-hybridized carbons (Fsp3) is 0.474. The topological polar surface area (TPSA) is 77.2 Å². The zero-order chi connectivity index (χ0) is 17.2. The summed E-state index contributed by atoms with van der Waals surface area (Å²) in [6.45, 7) is 0.462. The summed E-state index contributed by atoms with van der Waals surface area (Å²) in [5, 5.41) is 5.50. The van der Waals surface area contributed by atoms with Crippen molar-refractivity contribution in [3.63, 3.8) is 0 Å². The van der Waals surface area contributed by atoms with Crippen molar-refractivity contribution in [1.29, 1.82) is 0 Å². The Balaban J connectivity index is 0.00000196. The van der Waals surface area contributed by atoms with E-state index in [-0.39, 0.29) is 24.4 Å². The Morgan fingerprint density at radius 1 is 1.27 bits per heavy atom. The lowest BCUT2D eigenvalue weighted by Gasteiger charge is -2.16. The highest BCUT2D eigenvalue weighted by Crippen LogP contribution is 2.30. The van der Waals surface area contributed by atoms with Crippen LogP contribution in [0, 0.1) is 0 Å². The number of benzene rings is 1. The molecule has 2 atom stereocenters. The fourth-order valence-electron chi connectivity index (χ4n) is 3.61. The second-order valence-corrected chi connectivity index (χ2v) is 7.64. The number of hydrogen-bond acceptors (Lipinski definition) is 5. The summed E-state index contributed by atoms with van der Waals surface area (Å²) in [5.74, 6) is -0.123. The van der Waals surface area contributed by atoms with Crippen LogP contribution in [0.5, 0.6) is 0 Å². The van der Waals surface area contributed by atoms with E-state index in [0.29, 0.717) is 11.7 Å². The Bertz CT molecular complexity index is 780. The molecule has 1 aliphatic carbocycles. The van der Waals surface area contributed by atoms with Crippen LogP contribution >= 0.6 is 23.7 Å². The van der Waals surface area contributed by atoms with Crippen molar-refractivity contribution in [3.05, 3.63) is 34.7 Å². The third kappa shape index (κ3) is 4.09. The van der Waals surface area contributed by atoms with E-state index in [2.05, 4.69) is 28.5 Å². The molecule has 1 saturated heterocycles. The van der Waals surface area contributed by atoms with Gasteiger partial charge in [-0.1, -0.05) is 12.1 Å². The largest absolute Gasteiger partial charge is 0.364 e. The SMILES string of the molecule is Cl.NC[C@H]1CC[C@@H](C(=O)Nc2nc(-c3ccc4c(c3)CCCC4)cs2)O1. The van der Waals surface area contributed by atoms with E-state index in [1.54, 1.807) is 0 Å². The number of rotatable bonds is 4. The monoisotopic (exact) mass is 393 g/mol. The second-order valence-electron chi connectivity index (χ2n) is 6.78. The highest BCUT2D eigenvalue weighted by molar-refractivity contribution is 7.14. The first-order valence-electron chi connectivity index (χ1n) is 8.97. The van der Waals surface area contributed by atoms with Crippen molar-refractivity contribution in [2.45, 2.75) is 50.7 Å². The molecule has 0 radical (unpaired) electrons. The Morgan fingerprint density at radius 2 is 2.08 bits per heavy atom. The summed E-state index contributed by atoms with van der Waals surface area (Å²) in [6.07, 6.45) is 6.02. The summed E-state index contributed by atoms with van der Waals surface area (Å²) in [4.78, 5) is 16.9. The number of fused-ring (bicyclic) bond motifs is 1. The molecule has 140 valence electrons. The molecule has 1 aromatic heterocycles. The van der Waals surface area contributed by atoms with Gasteiger partial charge in [-0.15, -0.1) is 23.7 Å². The molecule has 4 rings (SSSR count). The summed E-state index contributed by atoms with van der Waals surface area (Å²) < 4.78 is 5.64. The molecule has 1 fully saturated rings. The van der Waals surface area contributed by atoms with Gasteiger partial charge >= 0.3 is 0 Å². The van der Waals surface area contributed by atoms with Gasteiger partial charge in [-0.2, -0.15) is 0 Å². The minimum atomic E-state index is -0.412. The van der Waals surface area contributed by atoms with Gasteiger partial charge in [0.1, 0.15) is 6.10 Å². The van der Waals surface area contributed by atoms with Crippen LogP contribution in [0.25, 0.3) is 11.3 Å². The Labute approximate surface area is 163 Å². The maximum absolute atomic E-state index is 12.3. The third-order valence-corrected chi connectivity index (χ3v) is 5.80. The molecule has 1 amide bonds. The number of amides is 1. The van der Waals surface area contributed by atoms with Gasteiger partial charge in [0.25, 0.3) is 5.91 Å². The van der Waals surface area contributed by atoms with Gasteiger partial charge in [-0.05, 0) is 55.7 Å². The van der Waals surface area contributed by atoms with E-state index >= 15 is 0 Å². The average Bonchev–Trinajstić information content (AvgIpc) is 3.30. The highest BCUT2D eigenvalue weighted by atomic mass is 35.5. The summed E-state index contributed by atoms with van der Waals surface area (Å²) in [7, 11) is 0. The van der Waals surface area contributed by atoms with Gasteiger partial charge in [-0.3, -0.25) is 10.1 Å². The van der Waals surface area contributed by atoms with Crippen LogP contribution in [0.4, 0.5) is 5.13 Å². The van der Waals surface area contributed by atoms with E-state index in [0.717, 1.165) is 30.5 Å². The number of anilines is 1. The molecule has 0 bridgehead atoms. The zero-order valence-electron chi connectivity index (χ0n) is 14.6. The number of nitrogens with zero attached hydrogens (tertiary/aromatic N) is 1. The molecule has 26 heavy (non-hydrogen) atoms. The quantitative estimate of drug-likeness (QED) is 0.832. The fourth-order valence-corrected chi connectivity index (χ4v) is 4.34. The number of nitrogens with one attached hydrogen (secondary N) is 1. The molecule has 1 aromatic carbocycles. The third-order valence-electron chi connectivity index (χ3n) is 5.04. The Morgan fingerprint density at radius 3 is 2.85 bits per heavy atom. The summed E-state index contributed by atoms with van der Waals surface area (Å²) in [6, 6.07) is 6.61. The summed E-state index contributed by atoms with van der Waals surface area (Å²) >= 11 is 1.45. The second kappa shape index (κ2) is 8.48. The first-order chi connectivity index (χ1) is 12.2. The van der Waals surface area contributed by atoms with Crippen molar-refractivity contribution in [3.8, 4) is 11.3 Å². The number of ether oxygens (including phenoxy) is 1. The standard InChI is InChI=1S/C19H23N3O2S.ClH/c20-10-15-7-8-17(24-15)18(23)22-19-21-16(11-25-19)14-6-5-12-3-1-2-4-13(12)9-14;/h5-6,9,11,15,17H,1-4,7-8,10,20H2,(H,21,22,23);1H/t15-,17+;/m1./s1. The smallest absolute Gasteiger partial charge is 0.255 e. The maximum atomic E-state index is 12.3. The normalized spacial score (nSPS) is 21.7. The molecule has 2 aliphatic rings. The van der Waals surface area contributed by atoms with E-state index in [1.165, 1.54) is 41.7 Å². The molecule has 7 heteroatoms. The zero-order valence-corrected chi connectivity index (χ0v) is 16.2. The average molecular weight is 394 g/mol. The van der Waals surface area contributed by atoms with Gasteiger partial charge in [-0.25, -0.2) is 4.98 Å². The number of aryl methyl sites for hydroxylation is 2. The molecule has 5 nitrogen and oxygen atoms in total. The summed E-state index contributed by atoms with van der Waals surface area (Å²) in [5.41, 5.74) is 10.5. The van der Waals surface area contributed by atoms with Crippen molar-refractivity contribution >= 4 is 34.8 Å². The van der Waals surface area contributed by atoms with Crippen LogP contribution in [0.2, 0.25) is 0 Å². The number of hydrogen-bond donors (Lipinski definition) is 2. The predicted octanol–water partition coefficient (Wildman–Crippen LogP) is 3.56. The maximum Gasteiger partial charge on any atom is 0.255 e. The first-order valence-corrected chi connectivity index (χ1v) is 9.85. The Kier molecular flexibility index (Phi) is 6.29. The van der Waals surface area contributed by atoms with Gasteiger partial charge in [0.05, 0.1) is 11.8 Å². The van der Waals surface area contributed by atoms with E-state index < -0.39 is 6.10 Å². The Hall–Kier alpha value is -1.47. The van der Waals surface area contributed by atoms with Gasteiger partial charge in [0, 0.05) is 17.5 Å². The molecular formula is C19H24ClN3O2S. The minimum absolute atomic E-state index is 0. The predicted molar refractivity (Wildman–Crippen MR) is 107 cm³/mol. The molecule has 2 aromatic rings. The molecule has 0 spiro atoms. The molecule has 0 unspecified atom stereocenters. The van der Waals surface area contributed by atoms with Crippen LogP contribution < -0.4 is 11.1 Å². The van der Waals surface area contributed by atoms with Gasteiger partial charge in [0.15, 0.2) is 5.13 Å². The minimum Gasteiger partial charge on any atom is -0.364 e. The molecule has 3 N–H and O–H groups in total. The number of thiazole rings is 1. The lowest BCUT2D eigenvalue weighted by Crippen LogP contribution is -2.29. The van der Waals surface area contributed by atoms with Crippen LogP contribution in [0.1, 0.15) is 36.8 Å². The lowest BCUT2D eigenvalue weighted by molar-refractivity contribution is -0.126. The highest BCUT2D eigenvalue weighted by Gasteiger charge is 2.30. The number of nitrogens with two attached hydrogens (primary N) is 1. The van der Waals surface area contributed by atoms with Crippen molar-refractivity contribution in [1.82, 2.24) is 4.98 Å². The van der Waals surface area contributed by atoms with Gasteiger partial charge in [0.2, 0.25) is 0 Å². The number of carbonyl (C=O) groups is 1. The number of aromatic nitrogens is 1. The molecular weight excluding hydrogens is 370 g/mol. The van der Waals surface area contributed by atoms with Crippen LogP contribution in [0.3, 0.4) is 0 Å². The van der Waals surface area contributed by atoms with E-state index in [1.807, 2.05) is 5.38 Å².